The highest BCUT2D eigenvalue weighted by Gasteiger charge is 2.28. The molecule has 5 atom stereocenters. The third-order valence-electron chi connectivity index (χ3n) is 5.77. The molecule has 5 nitrogen and oxygen atoms in total. The average Bonchev–Trinajstić information content (AvgIpc) is 2.63. The third kappa shape index (κ3) is 8.27. The Morgan fingerprint density at radius 2 is 1.71 bits per heavy atom. The molecule has 1 aliphatic heterocycles. The number of hydrogen-bond acceptors (Lipinski definition) is 5. The van der Waals surface area contributed by atoms with Crippen molar-refractivity contribution in [1.29, 1.82) is 0 Å². The van der Waals surface area contributed by atoms with Gasteiger partial charge in [-0.25, -0.2) is 4.79 Å². The van der Waals surface area contributed by atoms with E-state index in [2.05, 4.69) is 0 Å². The Kier molecular flexibility index (Phi) is 10.7. The first-order valence-corrected chi connectivity index (χ1v) is 10.6. The van der Waals surface area contributed by atoms with E-state index in [0.29, 0.717) is 44.1 Å². The fourth-order valence-corrected chi connectivity index (χ4v) is 3.50. The molecular formula is C23H38O5. The molecule has 28 heavy (non-hydrogen) atoms. The lowest BCUT2D eigenvalue weighted by molar-refractivity contribution is -0.143. The van der Waals surface area contributed by atoms with Gasteiger partial charge in [0.1, 0.15) is 5.78 Å². The Hall–Kier alpha value is -1.46. The number of carbonyl (C=O) groups excluding carboxylic acids is 2. The zero-order chi connectivity index (χ0) is 21.3. The fourth-order valence-electron chi connectivity index (χ4n) is 3.50. The molecule has 5 heteroatoms. The van der Waals surface area contributed by atoms with Gasteiger partial charge in [-0.3, -0.25) is 4.79 Å². The van der Waals surface area contributed by atoms with E-state index in [9.17, 15) is 19.8 Å². The van der Waals surface area contributed by atoms with E-state index in [1.165, 1.54) is 0 Å². The second kappa shape index (κ2) is 12.2. The van der Waals surface area contributed by atoms with Gasteiger partial charge in [-0.1, -0.05) is 31.6 Å². The molecule has 0 aromatic carbocycles. The number of hydrogen-bond donors (Lipinski definition) is 2. The summed E-state index contributed by atoms with van der Waals surface area (Å²) in [6.07, 6.45) is 5.94. The summed E-state index contributed by atoms with van der Waals surface area (Å²) in [6, 6.07) is 0. The Balaban J connectivity index is 2.96. The standard InChI is InChI=1S/C23H38O5/c1-6-19-20(24)13-10-15(2)8-7-9-17(4)23(27)28-18(5)12-11-16(3)21(25)14-22(19)26/h8-9,16,18-21,24-25H,6-7,10-14H2,1-5H3/b15-8+,17-9+. The number of esters is 1. The molecule has 0 spiro atoms. The molecule has 0 saturated carbocycles. The highest BCUT2D eigenvalue weighted by molar-refractivity contribution is 5.87. The maximum atomic E-state index is 12.6. The fraction of sp³-hybridized carbons (Fsp3) is 0.739. The van der Waals surface area contributed by atoms with Gasteiger partial charge in [-0.05, 0) is 65.2 Å². The van der Waals surface area contributed by atoms with Crippen molar-refractivity contribution in [1.82, 2.24) is 0 Å². The van der Waals surface area contributed by atoms with E-state index in [4.69, 9.17) is 4.74 Å². The minimum atomic E-state index is -0.751. The van der Waals surface area contributed by atoms with Crippen LogP contribution in [0.5, 0.6) is 0 Å². The van der Waals surface area contributed by atoms with Gasteiger partial charge in [0.25, 0.3) is 0 Å². The minimum Gasteiger partial charge on any atom is -0.459 e. The van der Waals surface area contributed by atoms with Crippen LogP contribution in [0, 0.1) is 11.8 Å². The van der Waals surface area contributed by atoms with Crippen LogP contribution < -0.4 is 0 Å². The number of cyclic esters (lactones) is 1. The van der Waals surface area contributed by atoms with E-state index in [0.717, 1.165) is 5.57 Å². The third-order valence-corrected chi connectivity index (χ3v) is 5.77. The Morgan fingerprint density at radius 1 is 1.04 bits per heavy atom. The summed E-state index contributed by atoms with van der Waals surface area (Å²) < 4.78 is 5.48. The number of rotatable bonds is 1. The van der Waals surface area contributed by atoms with Crippen molar-refractivity contribution in [2.75, 3.05) is 0 Å². The molecule has 160 valence electrons. The highest BCUT2D eigenvalue weighted by Crippen LogP contribution is 2.23. The maximum absolute atomic E-state index is 12.6. The summed E-state index contributed by atoms with van der Waals surface area (Å²) in [5.41, 5.74) is 1.70. The van der Waals surface area contributed by atoms with Crippen molar-refractivity contribution in [2.24, 2.45) is 11.8 Å². The largest absolute Gasteiger partial charge is 0.459 e. The minimum absolute atomic E-state index is 0.0571. The van der Waals surface area contributed by atoms with Crippen LogP contribution in [-0.4, -0.2) is 40.3 Å². The number of ether oxygens (including phenoxy) is 1. The molecule has 1 rings (SSSR count). The van der Waals surface area contributed by atoms with Crippen LogP contribution in [-0.2, 0) is 14.3 Å². The number of aliphatic hydroxyl groups excluding tert-OH is 2. The molecule has 5 unspecified atom stereocenters. The molecular weight excluding hydrogens is 356 g/mol. The van der Waals surface area contributed by atoms with Gasteiger partial charge < -0.3 is 14.9 Å². The second-order valence-corrected chi connectivity index (χ2v) is 8.30. The second-order valence-electron chi connectivity index (χ2n) is 8.30. The zero-order valence-corrected chi connectivity index (χ0v) is 18.1. The molecule has 0 aromatic rings. The number of ketones is 1. The van der Waals surface area contributed by atoms with E-state index >= 15 is 0 Å². The lowest BCUT2D eigenvalue weighted by atomic mass is 9.85. The smallest absolute Gasteiger partial charge is 0.333 e. The van der Waals surface area contributed by atoms with Crippen molar-refractivity contribution in [3.63, 3.8) is 0 Å². The van der Waals surface area contributed by atoms with Gasteiger partial charge in [0.15, 0.2) is 0 Å². The first-order chi connectivity index (χ1) is 13.1. The SMILES string of the molecule is CCC1C(=O)CC(O)C(C)CCC(C)OC(=O)/C(C)=C/C/C=C(\C)CCC1O. The van der Waals surface area contributed by atoms with Crippen LogP contribution in [0.25, 0.3) is 0 Å². The first-order valence-electron chi connectivity index (χ1n) is 10.6. The molecule has 0 radical (unpaired) electrons. The molecule has 0 saturated heterocycles. The van der Waals surface area contributed by atoms with Crippen LogP contribution in [0.1, 0.15) is 79.6 Å². The van der Waals surface area contributed by atoms with Crippen molar-refractivity contribution in [2.45, 2.75) is 97.9 Å². The lowest BCUT2D eigenvalue weighted by Crippen LogP contribution is -2.32. The van der Waals surface area contributed by atoms with Crippen molar-refractivity contribution >= 4 is 11.8 Å². The molecule has 2 N–H and O–H groups in total. The van der Waals surface area contributed by atoms with E-state index < -0.39 is 18.1 Å². The first kappa shape index (κ1) is 24.6. The quantitative estimate of drug-likeness (QED) is 0.516. The van der Waals surface area contributed by atoms with Crippen LogP contribution in [0.3, 0.4) is 0 Å². The number of aliphatic hydroxyl groups is 2. The number of Topliss-reactive ketones (excluding diaryl/α,β-unsaturated/α-hetero) is 1. The highest BCUT2D eigenvalue weighted by atomic mass is 16.5. The molecule has 1 aliphatic rings. The van der Waals surface area contributed by atoms with Gasteiger partial charge >= 0.3 is 5.97 Å². The maximum Gasteiger partial charge on any atom is 0.333 e. The van der Waals surface area contributed by atoms with Gasteiger partial charge in [-0.2, -0.15) is 0 Å². The Labute approximate surface area is 169 Å². The predicted octanol–water partition coefficient (Wildman–Crippen LogP) is 4.12. The molecule has 1 heterocycles. The summed E-state index contributed by atoms with van der Waals surface area (Å²) >= 11 is 0. The topological polar surface area (TPSA) is 83.8 Å². The molecule has 0 aromatic heterocycles. The van der Waals surface area contributed by atoms with E-state index in [-0.39, 0.29) is 30.2 Å². The predicted molar refractivity (Wildman–Crippen MR) is 111 cm³/mol. The zero-order valence-electron chi connectivity index (χ0n) is 18.1. The van der Waals surface area contributed by atoms with Gasteiger partial charge in [0.05, 0.1) is 18.3 Å². The van der Waals surface area contributed by atoms with Crippen LogP contribution in [0.4, 0.5) is 0 Å². The summed E-state index contributed by atoms with van der Waals surface area (Å²) in [5, 5.41) is 20.9. The molecule has 0 bridgehead atoms. The normalized spacial score (nSPS) is 36.3. The summed E-state index contributed by atoms with van der Waals surface area (Å²) in [4.78, 5) is 24.8. The van der Waals surface area contributed by atoms with Crippen LogP contribution >= 0.6 is 0 Å². The Bertz CT molecular complexity index is 578. The van der Waals surface area contributed by atoms with E-state index in [1.54, 1.807) is 6.92 Å². The van der Waals surface area contributed by atoms with Gasteiger partial charge in [0.2, 0.25) is 0 Å². The summed E-state index contributed by atoms with van der Waals surface area (Å²) in [5.74, 6) is -0.907. The average molecular weight is 395 g/mol. The molecule has 0 aliphatic carbocycles. The molecule has 0 fully saturated rings. The Morgan fingerprint density at radius 3 is 2.36 bits per heavy atom. The summed E-state index contributed by atoms with van der Waals surface area (Å²) in [6.45, 7) is 9.40. The van der Waals surface area contributed by atoms with Crippen LogP contribution in [0.2, 0.25) is 0 Å². The van der Waals surface area contributed by atoms with Crippen LogP contribution in [0.15, 0.2) is 23.3 Å². The number of carbonyl (C=O) groups is 2. The van der Waals surface area contributed by atoms with Crippen molar-refractivity contribution < 1.29 is 24.5 Å². The lowest BCUT2D eigenvalue weighted by Gasteiger charge is -2.25. The monoisotopic (exact) mass is 394 g/mol. The number of allylic oxidation sites excluding steroid dienone is 3. The van der Waals surface area contributed by atoms with E-state index in [1.807, 2.05) is 39.8 Å². The molecule has 0 amide bonds. The van der Waals surface area contributed by atoms with Gasteiger partial charge in [0, 0.05) is 17.9 Å². The van der Waals surface area contributed by atoms with Crippen molar-refractivity contribution in [3.8, 4) is 0 Å². The van der Waals surface area contributed by atoms with Gasteiger partial charge in [-0.15, -0.1) is 0 Å². The summed E-state index contributed by atoms with van der Waals surface area (Å²) in [7, 11) is 0. The van der Waals surface area contributed by atoms with Crippen molar-refractivity contribution in [3.05, 3.63) is 23.3 Å².